The van der Waals surface area contributed by atoms with Gasteiger partial charge in [-0.2, -0.15) is 0 Å². The van der Waals surface area contributed by atoms with Crippen molar-refractivity contribution in [1.82, 2.24) is 9.80 Å². The van der Waals surface area contributed by atoms with Gasteiger partial charge in [0.15, 0.2) is 5.78 Å². The summed E-state index contributed by atoms with van der Waals surface area (Å²) in [5.74, 6) is 0.272. The van der Waals surface area contributed by atoms with Crippen LogP contribution in [-0.4, -0.2) is 54.3 Å². The van der Waals surface area contributed by atoms with E-state index in [4.69, 9.17) is 0 Å². The van der Waals surface area contributed by atoms with Crippen molar-refractivity contribution in [3.8, 4) is 0 Å². The first kappa shape index (κ1) is 13.8. The summed E-state index contributed by atoms with van der Waals surface area (Å²) < 4.78 is 0. The van der Waals surface area contributed by atoms with Gasteiger partial charge in [0.1, 0.15) is 0 Å². The molecule has 0 aromatic heterocycles. The van der Waals surface area contributed by atoms with Crippen LogP contribution in [0.15, 0.2) is 30.3 Å². The van der Waals surface area contributed by atoms with Gasteiger partial charge in [-0.1, -0.05) is 30.3 Å². The third-order valence-corrected chi connectivity index (χ3v) is 4.98. The van der Waals surface area contributed by atoms with Gasteiger partial charge in [0.2, 0.25) is 0 Å². The van der Waals surface area contributed by atoms with Crippen LogP contribution in [0.4, 0.5) is 0 Å². The molecule has 0 aliphatic carbocycles. The molecule has 0 amide bonds. The molecule has 2 aliphatic heterocycles. The maximum absolute atomic E-state index is 12.2. The number of nitrogens with zero attached hydrogens (tertiary/aromatic N) is 2. The second-order valence-corrected chi connectivity index (χ2v) is 6.18. The first-order valence-electron chi connectivity index (χ1n) is 7.76. The Bertz CT molecular complexity index is 459. The summed E-state index contributed by atoms with van der Waals surface area (Å²) in [5, 5.41) is 0. The first-order chi connectivity index (χ1) is 9.74. The number of likely N-dealkylation sites (tertiary alicyclic amines) is 1. The van der Waals surface area contributed by atoms with Crippen LogP contribution in [0.1, 0.15) is 36.0 Å². The number of Topliss-reactive ketones (excluding diaryl/α,β-unsaturated/α-hetero) is 1. The van der Waals surface area contributed by atoms with E-state index in [1.54, 1.807) is 0 Å². The number of likely N-dealkylation sites (N-methyl/N-ethyl adjacent to an activating group) is 1. The van der Waals surface area contributed by atoms with Crippen molar-refractivity contribution in [2.75, 3.05) is 26.7 Å². The van der Waals surface area contributed by atoms with Crippen LogP contribution in [0, 0.1) is 0 Å². The molecule has 3 rings (SSSR count). The van der Waals surface area contributed by atoms with E-state index in [0.29, 0.717) is 12.5 Å². The Balaban J connectivity index is 1.53. The van der Waals surface area contributed by atoms with Crippen LogP contribution in [0.3, 0.4) is 0 Å². The largest absolute Gasteiger partial charge is 0.301 e. The van der Waals surface area contributed by atoms with Crippen LogP contribution in [-0.2, 0) is 0 Å². The molecule has 1 aromatic carbocycles. The molecule has 0 N–H and O–H groups in total. The van der Waals surface area contributed by atoms with Crippen molar-refractivity contribution in [1.29, 1.82) is 0 Å². The highest BCUT2D eigenvalue weighted by Crippen LogP contribution is 2.28. The van der Waals surface area contributed by atoms with E-state index < -0.39 is 0 Å². The van der Waals surface area contributed by atoms with Gasteiger partial charge in [-0.3, -0.25) is 9.69 Å². The number of benzene rings is 1. The minimum Gasteiger partial charge on any atom is -0.301 e. The van der Waals surface area contributed by atoms with Crippen LogP contribution in [0.5, 0.6) is 0 Å². The zero-order valence-electron chi connectivity index (χ0n) is 12.3. The van der Waals surface area contributed by atoms with Gasteiger partial charge in [-0.05, 0) is 32.9 Å². The Labute approximate surface area is 121 Å². The minimum atomic E-state index is 0.272. The summed E-state index contributed by atoms with van der Waals surface area (Å²) in [5.41, 5.74) is 0.848. The Kier molecular flexibility index (Phi) is 4.18. The number of carbonyl (C=O) groups excluding carboxylic acids is 1. The van der Waals surface area contributed by atoms with Crippen molar-refractivity contribution in [2.45, 2.75) is 37.8 Å². The number of ketones is 1. The van der Waals surface area contributed by atoms with Gasteiger partial charge in [0, 0.05) is 37.2 Å². The Morgan fingerprint density at radius 3 is 2.70 bits per heavy atom. The molecule has 2 atom stereocenters. The molecule has 0 spiro atoms. The van der Waals surface area contributed by atoms with Gasteiger partial charge < -0.3 is 4.90 Å². The van der Waals surface area contributed by atoms with E-state index in [1.165, 1.54) is 19.3 Å². The fraction of sp³-hybridized carbons (Fsp3) is 0.588. The molecule has 2 bridgehead atoms. The summed E-state index contributed by atoms with van der Waals surface area (Å²) in [6.45, 7) is 3.19. The maximum atomic E-state index is 12.2. The zero-order chi connectivity index (χ0) is 13.9. The molecule has 3 nitrogen and oxygen atoms in total. The highest BCUT2D eigenvalue weighted by Gasteiger charge is 2.34. The van der Waals surface area contributed by atoms with Gasteiger partial charge in [-0.25, -0.2) is 0 Å². The Morgan fingerprint density at radius 2 is 1.90 bits per heavy atom. The summed E-state index contributed by atoms with van der Waals surface area (Å²) >= 11 is 0. The average Bonchev–Trinajstić information content (AvgIpc) is 2.72. The Hall–Kier alpha value is -1.19. The highest BCUT2D eigenvalue weighted by molar-refractivity contribution is 5.96. The van der Waals surface area contributed by atoms with Crippen molar-refractivity contribution in [3.63, 3.8) is 0 Å². The quantitative estimate of drug-likeness (QED) is 0.787. The third kappa shape index (κ3) is 2.94. The fourth-order valence-corrected chi connectivity index (χ4v) is 3.61. The van der Waals surface area contributed by atoms with E-state index in [2.05, 4.69) is 16.8 Å². The molecule has 2 saturated heterocycles. The summed E-state index contributed by atoms with van der Waals surface area (Å²) in [6, 6.07) is 11.1. The molecule has 108 valence electrons. The average molecular weight is 272 g/mol. The molecule has 0 saturated carbocycles. The Morgan fingerprint density at radius 1 is 1.15 bits per heavy atom. The smallest absolute Gasteiger partial charge is 0.164 e. The predicted molar refractivity (Wildman–Crippen MR) is 81.0 cm³/mol. The lowest BCUT2D eigenvalue weighted by Crippen LogP contribution is -2.37. The standard InChI is InChI=1S/C17H24N2O/c1-18-15-7-8-16(18)13-19(11-9-15)12-10-17(20)14-5-3-2-4-6-14/h2-6,15-16H,7-13H2,1H3. The fourth-order valence-electron chi connectivity index (χ4n) is 3.61. The molecule has 2 aliphatic rings. The monoisotopic (exact) mass is 272 g/mol. The first-order valence-corrected chi connectivity index (χ1v) is 7.76. The lowest BCUT2D eigenvalue weighted by Gasteiger charge is -2.25. The van der Waals surface area contributed by atoms with Crippen molar-refractivity contribution in [3.05, 3.63) is 35.9 Å². The molecular weight excluding hydrogens is 248 g/mol. The summed E-state index contributed by atoms with van der Waals surface area (Å²) in [6.07, 6.45) is 4.58. The third-order valence-electron chi connectivity index (χ3n) is 4.98. The highest BCUT2D eigenvalue weighted by atomic mass is 16.1. The van der Waals surface area contributed by atoms with Gasteiger partial charge in [-0.15, -0.1) is 0 Å². The van der Waals surface area contributed by atoms with Crippen LogP contribution in [0.2, 0.25) is 0 Å². The van der Waals surface area contributed by atoms with Crippen molar-refractivity contribution < 1.29 is 4.79 Å². The van der Waals surface area contributed by atoms with E-state index in [-0.39, 0.29) is 5.78 Å². The van der Waals surface area contributed by atoms with Gasteiger partial charge in [0.05, 0.1) is 0 Å². The molecule has 0 radical (unpaired) electrons. The summed E-state index contributed by atoms with van der Waals surface area (Å²) in [4.78, 5) is 17.2. The SMILES string of the molecule is CN1C2CCC1CN(CCC(=O)c1ccccc1)CC2. The number of hydrogen-bond donors (Lipinski definition) is 0. The van der Waals surface area contributed by atoms with E-state index in [9.17, 15) is 4.79 Å². The van der Waals surface area contributed by atoms with Gasteiger partial charge >= 0.3 is 0 Å². The van der Waals surface area contributed by atoms with E-state index in [1.807, 2.05) is 30.3 Å². The number of fused-ring (bicyclic) bond motifs is 2. The predicted octanol–water partition coefficient (Wildman–Crippen LogP) is 2.43. The number of rotatable bonds is 4. The number of hydrogen-bond acceptors (Lipinski definition) is 3. The molecule has 2 fully saturated rings. The minimum absolute atomic E-state index is 0.272. The van der Waals surface area contributed by atoms with Crippen molar-refractivity contribution >= 4 is 5.78 Å². The molecule has 1 aromatic rings. The van der Waals surface area contributed by atoms with Crippen LogP contribution in [0.25, 0.3) is 0 Å². The molecule has 2 heterocycles. The molecule has 20 heavy (non-hydrogen) atoms. The lowest BCUT2D eigenvalue weighted by atomic mass is 10.1. The van der Waals surface area contributed by atoms with Crippen LogP contribution >= 0.6 is 0 Å². The second kappa shape index (κ2) is 6.06. The topological polar surface area (TPSA) is 23.6 Å². The lowest BCUT2D eigenvalue weighted by molar-refractivity contribution is 0.0961. The van der Waals surface area contributed by atoms with Crippen molar-refractivity contribution in [2.24, 2.45) is 0 Å². The molecule has 2 unspecified atom stereocenters. The second-order valence-electron chi connectivity index (χ2n) is 6.18. The normalized spacial score (nSPS) is 27.4. The summed E-state index contributed by atoms with van der Waals surface area (Å²) in [7, 11) is 2.26. The maximum Gasteiger partial charge on any atom is 0.164 e. The van der Waals surface area contributed by atoms with Crippen LogP contribution < -0.4 is 0 Å². The number of carbonyl (C=O) groups is 1. The van der Waals surface area contributed by atoms with E-state index >= 15 is 0 Å². The molecular formula is C17H24N2O. The van der Waals surface area contributed by atoms with Gasteiger partial charge in [0.25, 0.3) is 0 Å². The van der Waals surface area contributed by atoms with E-state index in [0.717, 1.165) is 31.2 Å². The zero-order valence-corrected chi connectivity index (χ0v) is 12.3. The molecule has 3 heteroatoms.